The van der Waals surface area contributed by atoms with Gasteiger partial charge in [-0.25, -0.2) is 4.21 Å². The Morgan fingerprint density at radius 1 is 1.00 bits per heavy atom. The number of hydrogen-bond donors (Lipinski definition) is 0. The van der Waals surface area contributed by atoms with Gasteiger partial charge in [0, 0.05) is 11.8 Å². The highest BCUT2D eigenvalue weighted by Crippen LogP contribution is 2.34. The molecule has 90 valence electrons. The van der Waals surface area contributed by atoms with Gasteiger partial charge in [-0.3, -0.25) is 0 Å². The van der Waals surface area contributed by atoms with Crippen LogP contribution in [0.1, 0.15) is 11.1 Å². The van der Waals surface area contributed by atoms with Crippen LogP contribution in [0.2, 0.25) is 0 Å². The summed E-state index contributed by atoms with van der Waals surface area (Å²) in [4.78, 5) is 0.840. The van der Waals surface area contributed by atoms with Crippen molar-refractivity contribution in [1.29, 1.82) is 0 Å². The molecule has 0 bridgehead atoms. The predicted molar refractivity (Wildman–Crippen MR) is 75.5 cm³/mol. The first kappa shape index (κ1) is 11.2. The summed E-state index contributed by atoms with van der Waals surface area (Å²) in [5.41, 5.74) is 2.86. The van der Waals surface area contributed by atoms with E-state index in [1.165, 1.54) is 0 Å². The molecule has 0 N–H and O–H groups in total. The van der Waals surface area contributed by atoms with Gasteiger partial charge < -0.3 is 0 Å². The third-order valence-electron chi connectivity index (χ3n) is 2.95. The molecule has 2 aromatic carbocycles. The Morgan fingerprint density at radius 2 is 1.67 bits per heavy atom. The maximum absolute atomic E-state index is 12.4. The van der Waals surface area contributed by atoms with Crippen molar-refractivity contribution in [2.24, 2.45) is 4.36 Å². The fraction of sp³-hybridized carbons (Fsp3) is 0.0667. The SMILES string of the molecule is CS1(=O)=N/C(=C/c2ccccc2)c2ccccc21. The zero-order chi connectivity index (χ0) is 12.6. The lowest BCUT2D eigenvalue weighted by atomic mass is 10.1. The highest BCUT2D eigenvalue weighted by molar-refractivity contribution is 7.93. The first-order valence-electron chi connectivity index (χ1n) is 5.75. The van der Waals surface area contributed by atoms with Crippen molar-refractivity contribution >= 4 is 21.5 Å². The van der Waals surface area contributed by atoms with Gasteiger partial charge in [0.1, 0.15) is 0 Å². The lowest BCUT2D eigenvalue weighted by Crippen LogP contribution is -1.92. The fourth-order valence-corrected chi connectivity index (χ4v) is 3.64. The summed E-state index contributed by atoms with van der Waals surface area (Å²) in [7, 11) is -2.27. The van der Waals surface area contributed by atoms with Crippen molar-refractivity contribution in [1.82, 2.24) is 0 Å². The Balaban J connectivity index is 2.20. The van der Waals surface area contributed by atoms with E-state index >= 15 is 0 Å². The Hall–Kier alpha value is -1.87. The third-order valence-corrected chi connectivity index (χ3v) is 4.66. The van der Waals surface area contributed by atoms with Crippen molar-refractivity contribution in [2.75, 3.05) is 6.26 Å². The lowest BCUT2D eigenvalue weighted by molar-refractivity contribution is 0.682. The molecule has 3 heteroatoms. The second kappa shape index (κ2) is 4.10. The second-order valence-corrected chi connectivity index (χ2v) is 6.56. The molecule has 1 heterocycles. The summed E-state index contributed by atoms with van der Waals surface area (Å²) in [5.74, 6) is 0. The summed E-state index contributed by atoms with van der Waals surface area (Å²) in [5, 5.41) is 0. The molecule has 18 heavy (non-hydrogen) atoms. The standard InChI is InChI=1S/C15H13NOS/c1-18(17)15-10-6-5-9-13(15)14(16-18)11-12-7-3-2-4-8-12/h2-11H,1H3/b14-11+. The summed E-state index contributed by atoms with van der Waals surface area (Å²) in [6, 6.07) is 17.7. The Morgan fingerprint density at radius 3 is 2.44 bits per heavy atom. The lowest BCUT2D eigenvalue weighted by Gasteiger charge is -1.99. The molecule has 2 aromatic rings. The molecule has 1 unspecified atom stereocenters. The van der Waals surface area contributed by atoms with Crippen LogP contribution in [0.25, 0.3) is 11.8 Å². The zero-order valence-corrected chi connectivity index (χ0v) is 10.9. The van der Waals surface area contributed by atoms with E-state index in [-0.39, 0.29) is 0 Å². The molecule has 1 aliphatic heterocycles. The minimum atomic E-state index is -2.27. The van der Waals surface area contributed by atoms with Gasteiger partial charge in [-0.05, 0) is 17.7 Å². The van der Waals surface area contributed by atoms with Crippen molar-refractivity contribution in [2.45, 2.75) is 4.90 Å². The highest BCUT2D eigenvalue weighted by Gasteiger charge is 2.21. The molecule has 0 fully saturated rings. The first-order chi connectivity index (χ1) is 8.67. The molecule has 0 radical (unpaired) electrons. The van der Waals surface area contributed by atoms with Gasteiger partial charge in [-0.2, -0.15) is 4.36 Å². The molecule has 1 atom stereocenters. The van der Waals surface area contributed by atoms with Gasteiger partial charge in [-0.15, -0.1) is 0 Å². The van der Waals surface area contributed by atoms with E-state index < -0.39 is 9.73 Å². The third kappa shape index (κ3) is 1.87. The molecule has 0 amide bonds. The molecular weight excluding hydrogens is 242 g/mol. The largest absolute Gasteiger partial charge is 0.245 e. The van der Waals surface area contributed by atoms with E-state index in [0.717, 1.165) is 21.7 Å². The van der Waals surface area contributed by atoms with Crippen LogP contribution in [-0.2, 0) is 9.73 Å². The molecule has 2 nitrogen and oxygen atoms in total. The molecule has 0 aromatic heterocycles. The summed E-state index contributed by atoms with van der Waals surface area (Å²) < 4.78 is 16.8. The Kier molecular flexibility index (Phi) is 2.56. The molecule has 0 saturated heterocycles. The predicted octanol–water partition coefficient (Wildman–Crippen LogP) is 3.66. The van der Waals surface area contributed by atoms with E-state index in [2.05, 4.69) is 4.36 Å². The van der Waals surface area contributed by atoms with Crippen LogP contribution in [-0.4, -0.2) is 10.5 Å². The van der Waals surface area contributed by atoms with E-state index in [9.17, 15) is 4.21 Å². The topological polar surface area (TPSA) is 29.4 Å². The van der Waals surface area contributed by atoms with Crippen LogP contribution >= 0.6 is 0 Å². The quantitative estimate of drug-likeness (QED) is 0.764. The molecule has 3 rings (SSSR count). The van der Waals surface area contributed by atoms with Crippen molar-refractivity contribution in [3.8, 4) is 0 Å². The Labute approximate surface area is 107 Å². The van der Waals surface area contributed by atoms with Gasteiger partial charge in [0.25, 0.3) is 0 Å². The van der Waals surface area contributed by atoms with E-state index in [1.807, 2.05) is 60.7 Å². The van der Waals surface area contributed by atoms with Gasteiger partial charge in [0.15, 0.2) is 0 Å². The minimum absolute atomic E-state index is 0.810. The number of benzene rings is 2. The average molecular weight is 255 g/mol. The summed E-state index contributed by atoms with van der Waals surface area (Å²) >= 11 is 0. The molecule has 0 aliphatic carbocycles. The number of rotatable bonds is 1. The zero-order valence-electron chi connectivity index (χ0n) is 10.0. The van der Waals surface area contributed by atoms with Crippen LogP contribution in [0, 0.1) is 0 Å². The summed E-state index contributed by atoms with van der Waals surface area (Å²) in [6.07, 6.45) is 3.67. The maximum Gasteiger partial charge on any atom is 0.0824 e. The molecule has 1 aliphatic rings. The first-order valence-corrected chi connectivity index (χ1v) is 7.67. The van der Waals surface area contributed by atoms with Crippen molar-refractivity contribution in [3.05, 3.63) is 65.7 Å². The van der Waals surface area contributed by atoms with Crippen LogP contribution < -0.4 is 0 Å². The minimum Gasteiger partial charge on any atom is -0.245 e. The Bertz CT molecular complexity index is 738. The average Bonchev–Trinajstić information content (AvgIpc) is 2.63. The van der Waals surface area contributed by atoms with Crippen LogP contribution in [0.5, 0.6) is 0 Å². The molecular formula is C15H13NOS. The maximum atomic E-state index is 12.4. The van der Waals surface area contributed by atoms with Gasteiger partial charge >= 0.3 is 0 Å². The van der Waals surface area contributed by atoms with Crippen LogP contribution in [0.4, 0.5) is 0 Å². The van der Waals surface area contributed by atoms with Crippen LogP contribution in [0.3, 0.4) is 0 Å². The van der Waals surface area contributed by atoms with Crippen molar-refractivity contribution < 1.29 is 4.21 Å². The monoisotopic (exact) mass is 255 g/mol. The normalized spacial score (nSPS) is 23.7. The van der Waals surface area contributed by atoms with Gasteiger partial charge in [0.2, 0.25) is 0 Å². The molecule has 0 saturated carbocycles. The highest BCUT2D eigenvalue weighted by atomic mass is 32.2. The van der Waals surface area contributed by atoms with Gasteiger partial charge in [0.05, 0.1) is 20.3 Å². The van der Waals surface area contributed by atoms with Crippen LogP contribution in [0.15, 0.2) is 63.9 Å². The fourth-order valence-electron chi connectivity index (χ4n) is 2.11. The van der Waals surface area contributed by atoms with E-state index in [0.29, 0.717) is 0 Å². The number of fused-ring (bicyclic) bond motifs is 1. The van der Waals surface area contributed by atoms with E-state index in [4.69, 9.17) is 0 Å². The number of hydrogen-bond acceptors (Lipinski definition) is 2. The summed E-state index contributed by atoms with van der Waals surface area (Å²) in [6.45, 7) is 0. The van der Waals surface area contributed by atoms with E-state index in [1.54, 1.807) is 6.26 Å². The number of nitrogens with zero attached hydrogens (tertiary/aromatic N) is 1. The molecule has 0 spiro atoms. The van der Waals surface area contributed by atoms with Gasteiger partial charge in [-0.1, -0.05) is 48.5 Å². The van der Waals surface area contributed by atoms with Crippen molar-refractivity contribution in [3.63, 3.8) is 0 Å². The smallest absolute Gasteiger partial charge is 0.0824 e. The second-order valence-electron chi connectivity index (χ2n) is 4.33.